The Morgan fingerprint density at radius 2 is 1.54 bits per heavy atom. The Morgan fingerprint density at radius 1 is 1.00 bits per heavy atom. The van der Waals surface area contributed by atoms with Crippen LogP contribution in [0.15, 0.2) is 0 Å². The minimum atomic E-state index is 0.991. The molecule has 0 aromatic heterocycles. The van der Waals surface area contributed by atoms with Crippen molar-refractivity contribution < 1.29 is 0 Å². The fraction of sp³-hybridized carbons (Fsp3) is 1.00. The molecule has 1 aliphatic rings. The Bertz CT molecular complexity index is 114. The van der Waals surface area contributed by atoms with Crippen molar-refractivity contribution in [2.75, 3.05) is 20.1 Å². The Hall–Kier alpha value is -0.0400. The second-order valence-electron chi connectivity index (χ2n) is 4.57. The van der Waals surface area contributed by atoms with E-state index in [1.165, 1.54) is 58.0 Å². The van der Waals surface area contributed by atoms with Gasteiger partial charge in [-0.2, -0.15) is 0 Å². The number of hydrogen-bond acceptors (Lipinski definition) is 1. The molecule has 0 aromatic carbocycles. The monoisotopic (exact) mass is 183 g/mol. The van der Waals surface area contributed by atoms with E-state index in [4.69, 9.17) is 0 Å². The highest BCUT2D eigenvalue weighted by Crippen LogP contribution is 2.22. The maximum absolute atomic E-state index is 2.46. The molecule has 0 spiro atoms. The van der Waals surface area contributed by atoms with E-state index in [1.807, 2.05) is 0 Å². The normalized spacial score (nSPS) is 21.5. The molecule has 1 nitrogen and oxygen atoms in total. The first kappa shape index (κ1) is 11.0. The molecule has 1 rings (SSSR count). The van der Waals surface area contributed by atoms with Gasteiger partial charge in [0.2, 0.25) is 0 Å². The summed E-state index contributed by atoms with van der Waals surface area (Å²) in [6.07, 6.45) is 10.3. The second-order valence-corrected chi connectivity index (χ2v) is 4.57. The van der Waals surface area contributed by atoms with E-state index in [2.05, 4.69) is 18.9 Å². The fourth-order valence-electron chi connectivity index (χ4n) is 2.29. The maximum Gasteiger partial charge on any atom is 0.000649 e. The molecular formula is C12H25N. The molecule has 0 aromatic rings. The van der Waals surface area contributed by atoms with Crippen molar-refractivity contribution in [1.82, 2.24) is 4.90 Å². The van der Waals surface area contributed by atoms with E-state index in [0.717, 1.165) is 5.92 Å². The molecular weight excluding hydrogens is 158 g/mol. The van der Waals surface area contributed by atoms with Crippen LogP contribution in [0.5, 0.6) is 0 Å². The predicted molar refractivity (Wildman–Crippen MR) is 59.0 cm³/mol. The van der Waals surface area contributed by atoms with Crippen LogP contribution in [0.2, 0.25) is 0 Å². The molecule has 0 radical (unpaired) electrons. The Morgan fingerprint density at radius 3 is 2.08 bits per heavy atom. The average molecular weight is 183 g/mol. The third-order valence-electron chi connectivity index (χ3n) is 3.33. The lowest BCUT2D eigenvalue weighted by Crippen LogP contribution is -2.25. The molecule has 0 atom stereocenters. The molecule has 0 aliphatic heterocycles. The highest BCUT2D eigenvalue weighted by atomic mass is 15.1. The lowest BCUT2D eigenvalue weighted by molar-refractivity contribution is 0.252. The third kappa shape index (κ3) is 4.66. The minimum Gasteiger partial charge on any atom is -0.306 e. The lowest BCUT2D eigenvalue weighted by atomic mass is 9.91. The SMILES string of the molecule is CCN(C)CC1CCCCCCC1. The van der Waals surface area contributed by atoms with Crippen LogP contribution in [-0.4, -0.2) is 25.0 Å². The quantitative estimate of drug-likeness (QED) is 0.649. The highest BCUT2D eigenvalue weighted by Gasteiger charge is 2.12. The van der Waals surface area contributed by atoms with Crippen LogP contribution in [-0.2, 0) is 0 Å². The molecule has 0 amide bonds. The fourth-order valence-corrected chi connectivity index (χ4v) is 2.29. The van der Waals surface area contributed by atoms with E-state index >= 15 is 0 Å². The lowest BCUT2D eigenvalue weighted by Gasteiger charge is -2.24. The van der Waals surface area contributed by atoms with E-state index in [1.54, 1.807) is 0 Å². The Balaban J connectivity index is 2.21. The molecule has 13 heavy (non-hydrogen) atoms. The van der Waals surface area contributed by atoms with Crippen molar-refractivity contribution in [3.8, 4) is 0 Å². The average Bonchev–Trinajstić information content (AvgIpc) is 2.09. The number of hydrogen-bond donors (Lipinski definition) is 0. The molecule has 0 N–H and O–H groups in total. The molecule has 1 fully saturated rings. The summed E-state index contributed by atoms with van der Waals surface area (Å²) in [5.41, 5.74) is 0. The summed E-state index contributed by atoms with van der Waals surface area (Å²) in [6, 6.07) is 0. The van der Waals surface area contributed by atoms with Crippen LogP contribution in [0.3, 0.4) is 0 Å². The van der Waals surface area contributed by atoms with Crippen molar-refractivity contribution in [1.29, 1.82) is 0 Å². The standard InChI is InChI=1S/C12H25N/c1-3-13(2)11-12-9-7-5-4-6-8-10-12/h12H,3-11H2,1-2H3. The van der Waals surface area contributed by atoms with Crippen molar-refractivity contribution in [2.24, 2.45) is 5.92 Å². The van der Waals surface area contributed by atoms with Crippen molar-refractivity contribution >= 4 is 0 Å². The molecule has 1 heteroatoms. The van der Waals surface area contributed by atoms with Gasteiger partial charge in [-0.05, 0) is 32.4 Å². The minimum absolute atomic E-state index is 0.991. The predicted octanol–water partition coefficient (Wildman–Crippen LogP) is 3.30. The van der Waals surface area contributed by atoms with Crippen LogP contribution in [0.25, 0.3) is 0 Å². The van der Waals surface area contributed by atoms with Gasteiger partial charge < -0.3 is 4.90 Å². The van der Waals surface area contributed by atoms with Gasteiger partial charge in [-0.3, -0.25) is 0 Å². The van der Waals surface area contributed by atoms with Gasteiger partial charge in [-0.15, -0.1) is 0 Å². The van der Waals surface area contributed by atoms with Gasteiger partial charge >= 0.3 is 0 Å². The molecule has 0 heterocycles. The van der Waals surface area contributed by atoms with Crippen LogP contribution >= 0.6 is 0 Å². The number of rotatable bonds is 3. The molecule has 0 bridgehead atoms. The van der Waals surface area contributed by atoms with Gasteiger partial charge in [0.25, 0.3) is 0 Å². The zero-order chi connectivity index (χ0) is 9.52. The zero-order valence-corrected chi connectivity index (χ0v) is 9.39. The van der Waals surface area contributed by atoms with Gasteiger partial charge in [0.05, 0.1) is 0 Å². The molecule has 1 aliphatic carbocycles. The summed E-state index contributed by atoms with van der Waals surface area (Å²) in [7, 11) is 2.25. The smallest absolute Gasteiger partial charge is 0.000649 e. The van der Waals surface area contributed by atoms with Crippen molar-refractivity contribution in [3.63, 3.8) is 0 Å². The van der Waals surface area contributed by atoms with E-state index in [0.29, 0.717) is 0 Å². The topological polar surface area (TPSA) is 3.24 Å². The van der Waals surface area contributed by atoms with Crippen molar-refractivity contribution in [3.05, 3.63) is 0 Å². The first-order valence-corrected chi connectivity index (χ1v) is 6.01. The summed E-state index contributed by atoms with van der Waals surface area (Å²) in [6.45, 7) is 4.79. The van der Waals surface area contributed by atoms with Crippen LogP contribution < -0.4 is 0 Å². The molecule has 0 saturated heterocycles. The highest BCUT2D eigenvalue weighted by molar-refractivity contribution is 4.66. The van der Waals surface area contributed by atoms with Crippen LogP contribution in [0.1, 0.15) is 51.9 Å². The van der Waals surface area contributed by atoms with Crippen LogP contribution in [0.4, 0.5) is 0 Å². The van der Waals surface area contributed by atoms with Crippen molar-refractivity contribution in [2.45, 2.75) is 51.9 Å². The maximum atomic E-state index is 2.46. The Kier molecular flexibility index (Phi) is 5.45. The summed E-state index contributed by atoms with van der Waals surface area (Å²) >= 11 is 0. The summed E-state index contributed by atoms with van der Waals surface area (Å²) in [4.78, 5) is 2.46. The van der Waals surface area contributed by atoms with Gasteiger partial charge in [0.1, 0.15) is 0 Å². The summed E-state index contributed by atoms with van der Waals surface area (Å²) in [5.74, 6) is 0.991. The van der Waals surface area contributed by atoms with Gasteiger partial charge in [0, 0.05) is 6.54 Å². The Labute approximate surface area is 83.5 Å². The summed E-state index contributed by atoms with van der Waals surface area (Å²) in [5, 5.41) is 0. The largest absolute Gasteiger partial charge is 0.306 e. The summed E-state index contributed by atoms with van der Waals surface area (Å²) < 4.78 is 0. The molecule has 1 saturated carbocycles. The van der Waals surface area contributed by atoms with Gasteiger partial charge in [-0.1, -0.05) is 39.0 Å². The number of nitrogens with zero attached hydrogens (tertiary/aromatic N) is 1. The van der Waals surface area contributed by atoms with E-state index in [-0.39, 0.29) is 0 Å². The third-order valence-corrected chi connectivity index (χ3v) is 3.33. The first-order valence-electron chi connectivity index (χ1n) is 6.01. The van der Waals surface area contributed by atoms with Gasteiger partial charge in [-0.25, -0.2) is 0 Å². The van der Waals surface area contributed by atoms with E-state index in [9.17, 15) is 0 Å². The van der Waals surface area contributed by atoms with Crippen LogP contribution in [0, 0.1) is 5.92 Å². The second kappa shape index (κ2) is 6.42. The first-order chi connectivity index (χ1) is 6.33. The molecule has 78 valence electrons. The zero-order valence-electron chi connectivity index (χ0n) is 9.39. The van der Waals surface area contributed by atoms with E-state index < -0.39 is 0 Å². The van der Waals surface area contributed by atoms with Gasteiger partial charge in [0.15, 0.2) is 0 Å². The molecule has 0 unspecified atom stereocenters.